The van der Waals surface area contributed by atoms with E-state index in [-0.39, 0.29) is 17.9 Å². The number of rotatable bonds is 5. The highest BCUT2D eigenvalue weighted by molar-refractivity contribution is 7.10. The molecule has 5 rings (SSSR count). The first kappa shape index (κ1) is 20.2. The van der Waals surface area contributed by atoms with Crippen molar-refractivity contribution in [1.82, 2.24) is 10.2 Å². The summed E-state index contributed by atoms with van der Waals surface area (Å²) in [5.74, 6) is -0.522. The van der Waals surface area contributed by atoms with Crippen molar-refractivity contribution in [1.29, 1.82) is 0 Å². The summed E-state index contributed by atoms with van der Waals surface area (Å²) in [7, 11) is 0. The minimum absolute atomic E-state index is 0.145. The van der Waals surface area contributed by atoms with Gasteiger partial charge in [0.15, 0.2) is 0 Å². The number of aromatic nitrogens is 2. The zero-order valence-electron chi connectivity index (χ0n) is 17.7. The van der Waals surface area contributed by atoms with Crippen molar-refractivity contribution < 1.29 is 14.3 Å². The van der Waals surface area contributed by atoms with Gasteiger partial charge in [0.2, 0.25) is 0 Å². The second kappa shape index (κ2) is 8.09. The molecule has 0 aliphatic carbocycles. The zero-order chi connectivity index (χ0) is 22.2. The number of thiophene rings is 1. The van der Waals surface area contributed by atoms with E-state index in [1.807, 2.05) is 48.7 Å². The number of hydrogen-bond acceptors (Lipinski definition) is 5. The van der Waals surface area contributed by atoms with Gasteiger partial charge in [-0.25, -0.2) is 4.79 Å². The van der Waals surface area contributed by atoms with Crippen LogP contribution in [0, 0.1) is 6.92 Å². The number of nitrogens with one attached hydrogen (secondary N) is 1. The van der Waals surface area contributed by atoms with Gasteiger partial charge in [0.25, 0.3) is 5.91 Å². The largest absolute Gasteiger partial charge is 0.462 e. The van der Waals surface area contributed by atoms with Crippen LogP contribution in [0.3, 0.4) is 0 Å². The third-order valence-electron chi connectivity index (χ3n) is 5.56. The van der Waals surface area contributed by atoms with Crippen LogP contribution in [0.5, 0.6) is 0 Å². The lowest BCUT2D eigenvalue weighted by molar-refractivity contribution is 0.0526. The van der Waals surface area contributed by atoms with E-state index in [1.165, 1.54) is 0 Å². The Kier molecular flexibility index (Phi) is 5.11. The van der Waals surface area contributed by atoms with Gasteiger partial charge in [0, 0.05) is 21.7 Å². The van der Waals surface area contributed by atoms with Crippen LogP contribution in [0.4, 0.5) is 5.69 Å². The highest BCUT2D eigenvalue weighted by Gasteiger charge is 2.43. The molecule has 32 heavy (non-hydrogen) atoms. The molecule has 160 valence electrons. The van der Waals surface area contributed by atoms with Gasteiger partial charge in [0.05, 0.1) is 17.9 Å². The molecule has 0 radical (unpaired) electrons. The fraction of sp³-hybridized carbons (Fsp3) is 0.160. The van der Waals surface area contributed by atoms with Crippen molar-refractivity contribution in [3.63, 3.8) is 0 Å². The van der Waals surface area contributed by atoms with E-state index in [9.17, 15) is 9.59 Å². The second-order valence-corrected chi connectivity index (χ2v) is 8.57. The smallest absolute Gasteiger partial charge is 0.338 e. The number of aromatic amines is 1. The van der Waals surface area contributed by atoms with Gasteiger partial charge in [0.1, 0.15) is 11.7 Å². The number of aryl methyl sites for hydroxylation is 1. The van der Waals surface area contributed by atoms with E-state index in [0.29, 0.717) is 23.6 Å². The Bertz CT molecular complexity index is 1280. The molecule has 2 aromatic carbocycles. The molecule has 7 heteroatoms. The Morgan fingerprint density at radius 3 is 2.53 bits per heavy atom. The van der Waals surface area contributed by atoms with E-state index in [2.05, 4.69) is 10.2 Å². The molecule has 1 N–H and O–H groups in total. The quantitative estimate of drug-likeness (QED) is 0.421. The Morgan fingerprint density at radius 2 is 1.88 bits per heavy atom. The molecule has 0 bridgehead atoms. The lowest BCUT2D eigenvalue weighted by Gasteiger charge is -2.25. The van der Waals surface area contributed by atoms with Gasteiger partial charge in [-0.05, 0) is 49.6 Å². The van der Waals surface area contributed by atoms with E-state index in [4.69, 9.17) is 4.74 Å². The number of esters is 1. The summed E-state index contributed by atoms with van der Waals surface area (Å²) in [5.41, 5.74) is 5.43. The predicted molar refractivity (Wildman–Crippen MR) is 124 cm³/mol. The SMILES string of the molecule is CCOC(=O)c1ccc(N2C(=O)c3[nH]nc(-c4ccc(C)cc4)c3[C@@H]2c2cccs2)cc1. The number of hydrogen-bond donors (Lipinski definition) is 1. The molecule has 0 saturated carbocycles. The lowest BCUT2D eigenvalue weighted by atomic mass is 10.00. The maximum Gasteiger partial charge on any atom is 0.338 e. The standard InChI is InChI=1S/C25H21N3O3S/c1-3-31-25(30)17-10-12-18(13-11-17)28-23(19-5-4-14-32-19)20-21(26-27-22(20)24(28)29)16-8-6-15(2)7-9-16/h4-14,23H,3H2,1-2H3,(H,26,27)/t23-/m0/s1. The Labute approximate surface area is 189 Å². The number of H-pyrrole nitrogens is 1. The van der Waals surface area contributed by atoms with Gasteiger partial charge in [-0.15, -0.1) is 11.3 Å². The van der Waals surface area contributed by atoms with Gasteiger partial charge in [-0.3, -0.25) is 14.8 Å². The third kappa shape index (κ3) is 3.31. The van der Waals surface area contributed by atoms with Crippen molar-refractivity contribution in [2.24, 2.45) is 0 Å². The van der Waals surface area contributed by atoms with Crippen LogP contribution in [0.25, 0.3) is 11.3 Å². The molecule has 0 fully saturated rings. The van der Waals surface area contributed by atoms with Crippen LogP contribution < -0.4 is 4.90 Å². The Hall–Kier alpha value is -3.71. The number of ether oxygens (including phenoxy) is 1. The number of carbonyl (C=O) groups is 2. The van der Waals surface area contributed by atoms with Crippen LogP contribution in [-0.2, 0) is 4.74 Å². The number of benzene rings is 2. The molecule has 6 nitrogen and oxygen atoms in total. The second-order valence-electron chi connectivity index (χ2n) is 7.59. The van der Waals surface area contributed by atoms with Crippen LogP contribution in [0.1, 0.15) is 49.8 Å². The first-order valence-electron chi connectivity index (χ1n) is 10.4. The molecule has 1 atom stereocenters. The predicted octanol–water partition coefficient (Wildman–Crippen LogP) is 5.37. The summed E-state index contributed by atoms with van der Waals surface area (Å²) in [5, 5.41) is 9.49. The topological polar surface area (TPSA) is 75.3 Å². The minimum Gasteiger partial charge on any atom is -0.462 e. The van der Waals surface area contributed by atoms with Crippen LogP contribution >= 0.6 is 11.3 Å². The molecular weight excluding hydrogens is 422 g/mol. The molecule has 1 aliphatic heterocycles. The van der Waals surface area contributed by atoms with Crippen molar-refractivity contribution in [3.05, 3.63) is 93.3 Å². The summed E-state index contributed by atoms with van der Waals surface area (Å²) in [6.45, 7) is 4.13. The maximum atomic E-state index is 13.5. The highest BCUT2D eigenvalue weighted by atomic mass is 32.1. The van der Waals surface area contributed by atoms with Gasteiger partial charge in [-0.2, -0.15) is 5.10 Å². The Balaban J connectivity index is 1.60. The number of fused-ring (bicyclic) bond motifs is 1. The van der Waals surface area contributed by atoms with Crippen LogP contribution in [0.2, 0.25) is 0 Å². The molecule has 1 amide bonds. The minimum atomic E-state index is -0.377. The molecule has 3 heterocycles. The monoisotopic (exact) mass is 443 g/mol. The van der Waals surface area contributed by atoms with E-state index < -0.39 is 0 Å². The zero-order valence-corrected chi connectivity index (χ0v) is 18.5. The summed E-state index contributed by atoms with van der Waals surface area (Å²) in [4.78, 5) is 28.3. The third-order valence-corrected chi connectivity index (χ3v) is 6.49. The van der Waals surface area contributed by atoms with Crippen molar-refractivity contribution in [3.8, 4) is 11.3 Å². The molecule has 0 saturated heterocycles. The molecule has 2 aromatic heterocycles. The average molecular weight is 444 g/mol. The summed E-state index contributed by atoms with van der Waals surface area (Å²) >= 11 is 1.60. The van der Waals surface area contributed by atoms with Crippen molar-refractivity contribution in [2.75, 3.05) is 11.5 Å². The Morgan fingerprint density at radius 1 is 1.12 bits per heavy atom. The number of nitrogens with zero attached hydrogens (tertiary/aromatic N) is 2. The molecule has 0 unspecified atom stereocenters. The van der Waals surface area contributed by atoms with Crippen LogP contribution in [-0.4, -0.2) is 28.7 Å². The fourth-order valence-corrected chi connectivity index (χ4v) is 4.86. The average Bonchev–Trinajstić information content (AvgIpc) is 3.53. The molecule has 1 aliphatic rings. The van der Waals surface area contributed by atoms with Gasteiger partial charge < -0.3 is 4.74 Å². The van der Waals surface area contributed by atoms with E-state index in [1.54, 1.807) is 47.4 Å². The molecule has 4 aromatic rings. The fourth-order valence-electron chi connectivity index (χ4n) is 4.03. The summed E-state index contributed by atoms with van der Waals surface area (Å²) < 4.78 is 5.07. The molecule has 0 spiro atoms. The number of anilines is 1. The highest BCUT2D eigenvalue weighted by Crippen LogP contribution is 2.46. The van der Waals surface area contributed by atoms with E-state index in [0.717, 1.165) is 27.3 Å². The summed E-state index contributed by atoms with van der Waals surface area (Å²) in [6, 6.07) is 18.8. The number of amides is 1. The maximum absolute atomic E-state index is 13.5. The molecular formula is C25H21N3O3S. The summed E-state index contributed by atoms with van der Waals surface area (Å²) in [6.07, 6.45) is 0. The van der Waals surface area contributed by atoms with Crippen molar-refractivity contribution >= 4 is 28.9 Å². The van der Waals surface area contributed by atoms with Gasteiger partial charge in [-0.1, -0.05) is 35.9 Å². The first-order valence-corrected chi connectivity index (χ1v) is 11.3. The van der Waals surface area contributed by atoms with Crippen molar-refractivity contribution in [2.45, 2.75) is 19.9 Å². The lowest BCUT2D eigenvalue weighted by Crippen LogP contribution is -2.28. The van der Waals surface area contributed by atoms with Crippen LogP contribution in [0.15, 0.2) is 66.0 Å². The van der Waals surface area contributed by atoms with Gasteiger partial charge >= 0.3 is 5.97 Å². The first-order chi connectivity index (χ1) is 15.6. The normalized spacial score (nSPS) is 15.1. The number of carbonyl (C=O) groups excluding carboxylic acids is 2. The van der Waals surface area contributed by atoms with E-state index >= 15 is 0 Å².